The second-order valence-corrected chi connectivity index (χ2v) is 9.00. The van der Waals surface area contributed by atoms with Crippen LogP contribution in [0.2, 0.25) is 0 Å². The summed E-state index contributed by atoms with van der Waals surface area (Å²) in [6.45, 7) is 5.82. The highest BCUT2D eigenvalue weighted by atomic mass is 32.2. The predicted octanol–water partition coefficient (Wildman–Crippen LogP) is 1.99. The summed E-state index contributed by atoms with van der Waals surface area (Å²) >= 11 is 0. The van der Waals surface area contributed by atoms with Crippen LogP contribution in [0.4, 0.5) is 5.69 Å². The van der Waals surface area contributed by atoms with E-state index in [2.05, 4.69) is 10.6 Å². The summed E-state index contributed by atoms with van der Waals surface area (Å²) in [5.41, 5.74) is 0.901. The Hall–Kier alpha value is -1.97. The van der Waals surface area contributed by atoms with Gasteiger partial charge in [0.2, 0.25) is 15.9 Å². The second kappa shape index (κ2) is 11.3. The van der Waals surface area contributed by atoms with E-state index >= 15 is 0 Å². The average molecular weight is 426 g/mol. The standard InChI is InChI=1S/C20H31N3O5S/c1-3-14-29(26,27)23-12-6-10-18(23)20(25)22-17-9-5-8-16(15-17)19(24)21-11-7-13-28-4-2/h5,8-9,15,18H,3-4,6-7,10-14H2,1-2H3,(H,21,24)(H,22,25). The number of nitrogens with zero attached hydrogens (tertiary/aromatic N) is 1. The van der Waals surface area contributed by atoms with Gasteiger partial charge in [0, 0.05) is 37.6 Å². The summed E-state index contributed by atoms with van der Waals surface area (Å²) in [5.74, 6) is -0.558. The fraction of sp³-hybridized carbons (Fsp3) is 0.600. The number of anilines is 1. The van der Waals surface area contributed by atoms with Crippen LogP contribution in [0.1, 0.15) is 49.9 Å². The van der Waals surface area contributed by atoms with Gasteiger partial charge in [0.25, 0.3) is 5.91 Å². The first kappa shape index (κ1) is 23.3. The van der Waals surface area contributed by atoms with Gasteiger partial charge in [-0.1, -0.05) is 13.0 Å². The van der Waals surface area contributed by atoms with E-state index in [1.54, 1.807) is 31.2 Å². The van der Waals surface area contributed by atoms with Gasteiger partial charge >= 0.3 is 0 Å². The van der Waals surface area contributed by atoms with E-state index in [1.165, 1.54) is 4.31 Å². The first-order valence-electron chi connectivity index (χ1n) is 10.2. The maximum Gasteiger partial charge on any atom is 0.251 e. The van der Waals surface area contributed by atoms with Gasteiger partial charge in [-0.3, -0.25) is 9.59 Å². The van der Waals surface area contributed by atoms with Gasteiger partial charge in [0.1, 0.15) is 6.04 Å². The minimum Gasteiger partial charge on any atom is -0.382 e. The first-order chi connectivity index (χ1) is 13.9. The molecule has 29 heavy (non-hydrogen) atoms. The summed E-state index contributed by atoms with van der Waals surface area (Å²) in [6, 6.07) is 5.92. The Morgan fingerprint density at radius 3 is 2.79 bits per heavy atom. The van der Waals surface area contributed by atoms with Crippen LogP contribution in [0.5, 0.6) is 0 Å². The topological polar surface area (TPSA) is 105 Å². The molecular formula is C20H31N3O5S. The van der Waals surface area contributed by atoms with E-state index < -0.39 is 16.1 Å². The summed E-state index contributed by atoms with van der Waals surface area (Å²) < 4.78 is 31.3. The van der Waals surface area contributed by atoms with Crippen molar-refractivity contribution in [1.82, 2.24) is 9.62 Å². The van der Waals surface area contributed by atoms with Crippen molar-refractivity contribution >= 4 is 27.5 Å². The molecule has 0 aliphatic carbocycles. The molecule has 1 aromatic rings. The molecule has 0 spiro atoms. The van der Waals surface area contributed by atoms with E-state index in [0.717, 1.165) is 6.42 Å². The molecule has 1 unspecified atom stereocenters. The molecule has 2 N–H and O–H groups in total. The molecule has 1 aliphatic rings. The molecule has 1 aliphatic heterocycles. The number of nitrogens with one attached hydrogen (secondary N) is 2. The second-order valence-electron chi connectivity index (χ2n) is 6.96. The van der Waals surface area contributed by atoms with Gasteiger partial charge < -0.3 is 15.4 Å². The van der Waals surface area contributed by atoms with Gasteiger partial charge in [-0.15, -0.1) is 0 Å². The lowest BCUT2D eigenvalue weighted by atomic mass is 10.1. The lowest BCUT2D eigenvalue weighted by Gasteiger charge is -2.23. The largest absolute Gasteiger partial charge is 0.382 e. The van der Waals surface area contributed by atoms with Gasteiger partial charge in [-0.25, -0.2) is 8.42 Å². The van der Waals surface area contributed by atoms with E-state index in [4.69, 9.17) is 4.74 Å². The van der Waals surface area contributed by atoms with Gasteiger partial charge in [0.15, 0.2) is 0 Å². The van der Waals surface area contributed by atoms with Crippen LogP contribution in [0, 0.1) is 0 Å². The number of hydrogen-bond acceptors (Lipinski definition) is 5. The molecule has 0 bridgehead atoms. The molecule has 1 heterocycles. The molecule has 0 aromatic heterocycles. The van der Waals surface area contributed by atoms with Crippen LogP contribution in [0.25, 0.3) is 0 Å². The Balaban J connectivity index is 1.97. The molecule has 1 aromatic carbocycles. The number of amides is 2. The molecule has 0 saturated carbocycles. The van der Waals surface area contributed by atoms with E-state index in [0.29, 0.717) is 56.8 Å². The van der Waals surface area contributed by atoms with Gasteiger partial charge in [-0.05, 0) is 50.8 Å². The number of rotatable bonds is 11. The number of carbonyl (C=O) groups excluding carboxylic acids is 2. The van der Waals surface area contributed by atoms with Crippen molar-refractivity contribution in [1.29, 1.82) is 0 Å². The predicted molar refractivity (Wildman–Crippen MR) is 112 cm³/mol. The van der Waals surface area contributed by atoms with Crippen LogP contribution in [0.3, 0.4) is 0 Å². The Kier molecular flexibility index (Phi) is 9.06. The minimum absolute atomic E-state index is 0.0374. The van der Waals surface area contributed by atoms with Gasteiger partial charge in [0.05, 0.1) is 5.75 Å². The third kappa shape index (κ3) is 6.80. The lowest BCUT2D eigenvalue weighted by Crippen LogP contribution is -2.44. The Bertz CT molecular complexity index is 797. The highest BCUT2D eigenvalue weighted by Gasteiger charge is 2.38. The number of carbonyl (C=O) groups is 2. The maximum atomic E-state index is 12.7. The molecule has 2 amide bonds. The van der Waals surface area contributed by atoms with Crippen molar-refractivity contribution in [2.75, 3.05) is 37.4 Å². The zero-order valence-electron chi connectivity index (χ0n) is 17.1. The summed E-state index contributed by atoms with van der Waals surface area (Å²) in [7, 11) is -3.44. The smallest absolute Gasteiger partial charge is 0.251 e. The van der Waals surface area contributed by atoms with E-state index in [9.17, 15) is 18.0 Å². The third-order valence-corrected chi connectivity index (χ3v) is 6.75. The highest BCUT2D eigenvalue weighted by Crippen LogP contribution is 2.23. The molecule has 0 radical (unpaired) electrons. The SMILES string of the molecule is CCCS(=O)(=O)N1CCCC1C(=O)Nc1cccc(C(=O)NCCCOCC)c1. The van der Waals surface area contributed by atoms with Crippen molar-refractivity contribution in [3.63, 3.8) is 0 Å². The maximum absolute atomic E-state index is 12.7. The molecule has 1 saturated heterocycles. The first-order valence-corrected chi connectivity index (χ1v) is 11.8. The Labute approximate surface area is 173 Å². The number of benzene rings is 1. The molecule has 162 valence electrons. The van der Waals surface area contributed by atoms with Crippen LogP contribution in [-0.4, -0.2) is 62.6 Å². The summed E-state index contributed by atoms with van der Waals surface area (Å²) in [4.78, 5) is 25.0. The molecule has 8 nitrogen and oxygen atoms in total. The van der Waals surface area contributed by atoms with Crippen molar-refractivity contribution in [3.05, 3.63) is 29.8 Å². The number of ether oxygens (including phenoxy) is 1. The number of sulfonamides is 1. The van der Waals surface area contributed by atoms with Crippen LogP contribution < -0.4 is 10.6 Å². The monoisotopic (exact) mass is 425 g/mol. The highest BCUT2D eigenvalue weighted by molar-refractivity contribution is 7.89. The molecule has 9 heteroatoms. The third-order valence-electron chi connectivity index (χ3n) is 4.67. The summed E-state index contributed by atoms with van der Waals surface area (Å²) in [5, 5.41) is 5.58. The van der Waals surface area contributed by atoms with Crippen LogP contribution in [0.15, 0.2) is 24.3 Å². The Morgan fingerprint density at radius 2 is 2.07 bits per heavy atom. The van der Waals surface area contributed by atoms with Crippen LogP contribution in [-0.2, 0) is 19.6 Å². The molecule has 1 fully saturated rings. The van der Waals surface area contributed by atoms with Crippen molar-refractivity contribution in [2.24, 2.45) is 0 Å². The van der Waals surface area contributed by atoms with Crippen molar-refractivity contribution in [3.8, 4) is 0 Å². The number of hydrogen-bond donors (Lipinski definition) is 2. The molecule has 1 atom stereocenters. The van der Waals surface area contributed by atoms with Crippen LogP contribution >= 0.6 is 0 Å². The normalized spacial score (nSPS) is 17.2. The fourth-order valence-corrected chi connectivity index (χ4v) is 5.04. The lowest BCUT2D eigenvalue weighted by molar-refractivity contribution is -0.119. The van der Waals surface area contributed by atoms with E-state index in [1.807, 2.05) is 6.92 Å². The zero-order valence-corrected chi connectivity index (χ0v) is 18.0. The van der Waals surface area contributed by atoms with Crippen molar-refractivity contribution < 1.29 is 22.7 Å². The van der Waals surface area contributed by atoms with E-state index in [-0.39, 0.29) is 17.6 Å². The quantitative estimate of drug-likeness (QED) is 0.528. The zero-order chi connectivity index (χ0) is 21.3. The Morgan fingerprint density at radius 1 is 1.28 bits per heavy atom. The van der Waals surface area contributed by atoms with Gasteiger partial charge in [-0.2, -0.15) is 4.31 Å². The average Bonchev–Trinajstić information content (AvgIpc) is 3.19. The molecule has 2 rings (SSSR count). The fourth-order valence-electron chi connectivity index (χ4n) is 3.30. The minimum atomic E-state index is -3.44. The summed E-state index contributed by atoms with van der Waals surface area (Å²) in [6.07, 6.45) is 2.38. The molecular weight excluding hydrogens is 394 g/mol. The van der Waals surface area contributed by atoms with Crippen molar-refractivity contribution in [2.45, 2.75) is 45.6 Å².